The molecule has 1 fully saturated rings. The molecule has 5 unspecified atom stereocenters. The summed E-state index contributed by atoms with van der Waals surface area (Å²) in [6, 6.07) is 8.52. The minimum absolute atomic E-state index is 0.0143. The Labute approximate surface area is 207 Å². The Balaban J connectivity index is 1.75. The standard InChI is InChI=1S/C28H48N2O4/c1-6-8-21(5)30-19-23-9-12-24(13-10-23)28(32-7-2)33-16-15-22-11-14-25(18-22)34-27(31)26(29)17-20(3)4/h9-10,12-13,20-22,25-26,28,30H,6-8,11,14-19,29H2,1-5H3. The van der Waals surface area contributed by atoms with Crippen LogP contribution in [0.25, 0.3) is 0 Å². The van der Waals surface area contributed by atoms with Gasteiger partial charge in [-0.25, -0.2) is 0 Å². The van der Waals surface area contributed by atoms with E-state index in [9.17, 15) is 4.79 Å². The average Bonchev–Trinajstić information content (AvgIpc) is 3.24. The summed E-state index contributed by atoms with van der Waals surface area (Å²) < 4.78 is 17.7. The summed E-state index contributed by atoms with van der Waals surface area (Å²) in [6.07, 6.45) is 6.47. The van der Waals surface area contributed by atoms with Gasteiger partial charge in [0.1, 0.15) is 12.1 Å². The van der Waals surface area contributed by atoms with Gasteiger partial charge in [0.25, 0.3) is 0 Å². The van der Waals surface area contributed by atoms with Crippen molar-refractivity contribution in [3.63, 3.8) is 0 Å². The van der Waals surface area contributed by atoms with Crippen LogP contribution in [-0.2, 0) is 25.5 Å². The predicted molar refractivity (Wildman–Crippen MR) is 137 cm³/mol. The maximum atomic E-state index is 12.2. The molecule has 2 rings (SSSR count). The Hall–Kier alpha value is -1.47. The van der Waals surface area contributed by atoms with Crippen molar-refractivity contribution in [1.82, 2.24) is 5.32 Å². The van der Waals surface area contributed by atoms with Crippen LogP contribution in [0, 0.1) is 11.8 Å². The third-order valence-corrected chi connectivity index (χ3v) is 6.55. The lowest BCUT2D eigenvalue weighted by atomic mass is 10.0. The first-order valence-electron chi connectivity index (χ1n) is 13.3. The minimum Gasteiger partial charge on any atom is -0.461 e. The molecule has 0 saturated heterocycles. The molecular weight excluding hydrogens is 428 g/mol. The van der Waals surface area contributed by atoms with E-state index in [1.807, 2.05) is 6.92 Å². The summed E-state index contributed by atoms with van der Waals surface area (Å²) in [5.41, 5.74) is 8.28. The molecule has 5 atom stereocenters. The zero-order valence-electron chi connectivity index (χ0n) is 22.1. The number of hydrogen-bond donors (Lipinski definition) is 2. The summed E-state index contributed by atoms with van der Waals surface area (Å²) in [4.78, 5) is 12.2. The normalized spacial score (nSPS) is 20.9. The number of ether oxygens (including phenoxy) is 3. The lowest BCUT2D eigenvalue weighted by Gasteiger charge is -2.20. The summed E-state index contributed by atoms with van der Waals surface area (Å²) in [6.45, 7) is 12.7. The van der Waals surface area contributed by atoms with Crippen molar-refractivity contribution in [3.8, 4) is 0 Å². The topological polar surface area (TPSA) is 82.8 Å². The second-order valence-electron chi connectivity index (χ2n) is 10.2. The van der Waals surface area contributed by atoms with Crippen LogP contribution < -0.4 is 11.1 Å². The first-order chi connectivity index (χ1) is 16.3. The number of benzene rings is 1. The number of esters is 1. The molecule has 1 aliphatic carbocycles. The maximum Gasteiger partial charge on any atom is 0.323 e. The van der Waals surface area contributed by atoms with Gasteiger partial charge in [-0.1, -0.05) is 51.5 Å². The molecule has 34 heavy (non-hydrogen) atoms. The third kappa shape index (κ3) is 10.4. The van der Waals surface area contributed by atoms with Crippen LogP contribution >= 0.6 is 0 Å². The van der Waals surface area contributed by atoms with E-state index in [2.05, 4.69) is 57.3 Å². The predicted octanol–water partition coefficient (Wildman–Crippen LogP) is 5.49. The number of rotatable bonds is 16. The molecule has 1 aromatic carbocycles. The van der Waals surface area contributed by atoms with Gasteiger partial charge in [0, 0.05) is 24.8 Å². The highest BCUT2D eigenvalue weighted by Crippen LogP contribution is 2.31. The molecule has 0 heterocycles. The number of nitrogens with two attached hydrogens (primary N) is 1. The molecule has 0 spiro atoms. The summed E-state index contributed by atoms with van der Waals surface area (Å²) in [5, 5.41) is 3.57. The molecule has 6 heteroatoms. The molecule has 1 aliphatic rings. The van der Waals surface area contributed by atoms with E-state index < -0.39 is 6.04 Å². The number of carbonyl (C=O) groups is 1. The third-order valence-electron chi connectivity index (χ3n) is 6.55. The van der Waals surface area contributed by atoms with Crippen molar-refractivity contribution < 1.29 is 19.0 Å². The number of nitrogens with one attached hydrogen (secondary N) is 1. The Morgan fingerprint density at radius 2 is 1.85 bits per heavy atom. The highest BCUT2D eigenvalue weighted by molar-refractivity contribution is 5.75. The van der Waals surface area contributed by atoms with E-state index >= 15 is 0 Å². The minimum atomic E-state index is -0.517. The average molecular weight is 477 g/mol. The summed E-state index contributed by atoms with van der Waals surface area (Å²) in [5.74, 6) is 0.627. The second kappa shape index (κ2) is 15.5. The number of carbonyl (C=O) groups excluding carboxylic acids is 1. The quantitative estimate of drug-likeness (QED) is 0.242. The van der Waals surface area contributed by atoms with Gasteiger partial charge in [0.05, 0.1) is 6.61 Å². The zero-order chi connectivity index (χ0) is 24.9. The molecule has 0 radical (unpaired) electrons. The van der Waals surface area contributed by atoms with Crippen molar-refractivity contribution >= 4 is 5.97 Å². The molecule has 0 aliphatic heterocycles. The fourth-order valence-corrected chi connectivity index (χ4v) is 4.61. The first-order valence-corrected chi connectivity index (χ1v) is 13.3. The zero-order valence-corrected chi connectivity index (χ0v) is 22.1. The lowest BCUT2D eigenvalue weighted by Crippen LogP contribution is -2.35. The Kier molecular flexibility index (Phi) is 13.1. The van der Waals surface area contributed by atoms with Gasteiger partial charge in [-0.15, -0.1) is 0 Å². The van der Waals surface area contributed by atoms with Crippen molar-refractivity contribution in [3.05, 3.63) is 35.4 Å². The maximum absolute atomic E-state index is 12.2. The second-order valence-corrected chi connectivity index (χ2v) is 10.2. The molecule has 1 saturated carbocycles. The van der Waals surface area contributed by atoms with E-state index in [-0.39, 0.29) is 18.4 Å². The largest absolute Gasteiger partial charge is 0.461 e. The van der Waals surface area contributed by atoms with Gasteiger partial charge in [0.2, 0.25) is 0 Å². The van der Waals surface area contributed by atoms with Crippen molar-refractivity contribution in [1.29, 1.82) is 0 Å². The Bertz CT molecular complexity index is 694. The highest BCUT2D eigenvalue weighted by atomic mass is 16.7. The summed E-state index contributed by atoms with van der Waals surface area (Å²) >= 11 is 0. The molecule has 0 aromatic heterocycles. The molecule has 1 aromatic rings. The van der Waals surface area contributed by atoms with Crippen molar-refractivity contribution in [2.45, 2.75) is 111 Å². The van der Waals surface area contributed by atoms with Gasteiger partial charge >= 0.3 is 5.97 Å². The van der Waals surface area contributed by atoms with Crippen LogP contribution in [0.4, 0.5) is 0 Å². The van der Waals surface area contributed by atoms with Gasteiger partial charge in [-0.2, -0.15) is 0 Å². The van der Waals surface area contributed by atoms with Crippen LogP contribution in [0.3, 0.4) is 0 Å². The Morgan fingerprint density at radius 3 is 2.50 bits per heavy atom. The van der Waals surface area contributed by atoms with Crippen molar-refractivity contribution in [2.24, 2.45) is 17.6 Å². The van der Waals surface area contributed by atoms with Crippen LogP contribution in [0.15, 0.2) is 24.3 Å². The first kappa shape index (κ1) is 28.8. The SMILES string of the molecule is CCCC(C)NCc1ccc(C(OCC)OCCC2CCC(OC(=O)C(N)CC(C)C)C2)cc1. The molecule has 0 bridgehead atoms. The number of hydrogen-bond acceptors (Lipinski definition) is 6. The Morgan fingerprint density at radius 1 is 1.12 bits per heavy atom. The van der Waals surface area contributed by atoms with E-state index in [1.165, 1.54) is 18.4 Å². The van der Waals surface area contributed by atoms with Gasteiger partial charge in [0.15, 0.2) is 6.29 Å². The van der Waals surface area contributed by atoms with Crippen molar-refractivity contribution in [2.75, 3.05) is 13.2 Å². The molecule has 194 valence electrons. The highest BCUT2D eigenvalue weighted by Gasteiger charge is 2.29. The van der Waals surface area contributed by atoms with E-state index in [0.29, 0.717) is 37.5 Å². The molecule has 0 amide bonds. The smallest absolute Gasteiger partial charge is 0.323 e. The van der Waals surface area contributed by atoms with Gasteiger partial charge in [-0.3, -0.25) is 4.79 Å². The van der Waals surface area contributed by atoms with Gasteiger partial charge in [-0.05, 0) is 69.8 Å². The van der Waals surface area contributed by atoms with Crippen LogP contribution in [0.2, 0.25) is 0 Å². The van der Waals surface area contributed by atoms with E-state index in [0.717, 1.165) is 37.8 Å². The van der Waals surface area contributed by atoms with Crippen LogP contribution in [-0.4, -0.2) is 37.4 Å². The fourth-order valence-electron chi connectivity index (χ4n) is 4.61. The monoisotopic (exact) mass is 476 g/mol. The molecular formula is C28H48N2O4. The van der Waals surface area contributed by atoms with E-state index in [4.69, 9.17) is 19.9 Å². The van der Waals surface area contributed by atoms with Crippen LogP contribution in [0.5, 0.6) is 0 Å². The van der Waals surface area contributed by atoms with Gasteiger partial charge < -0.3 is 25.3 Å². The molecule has 3 N–H and O–H groups in total. The molecule has 6 nitrogen and oxygen atoms in total. The fraction of sp³-hybridized carbons (Fsp3) is 0.750. The summed E-state index contributed by atoms with van der Waals surface area (Å²) in [7, 11) is 0. The lowest BCUT2D eigenvalue weighted by molar-refractivity contribution is -0.151. The van der Waals surface area contributed by atoms with Crippen LogP contribution in [0.1, 0.15) is 97.0 Å². The van der Waals surface area contributed by atoms with E-state index in [1.54, 1.807) is 0 Å².